The molecule has 198 valence electrons. The minimum Gasteiger partial charge on any atom is -0.476 e. The number of carbonyl (C=O) groups excluding carboxylic acids is 1. The number of nitrogens with zero attached hydrogens (tertiary/aromatic N) is 4. The third-order valence-corrected chi connectivity index (χ3v) is 6.24. The van der Waals surface area contributed by atoms with Gasteiger partial charge in [0.25, 0.3) is 5.91 Å². The van der Waals surface area contributed by atoms with Crippen molar-refractivity contribution in [3.05, 3.63) is 94.8 Å². The van der Waals surface area contributed by atoms with Crippen molar-refractivity contribution in [2.45, 2.75) is 44.2 Å². The first-order valence-electron chi connectivity index (χ1n) is 12.3. The van der Waals surface area contributed by atoms with Crippen molar-refractivity contribution in [1.82, 2.24) is 25.3 Å². The van der Waals surface area contributed by atoms with Crippen molar-refractivity contribution in [2.24, 2.45) is 0 Å². The Morgan fingerprint density at radius 3 is 2.51 bits per heavy atom. The van der Waals surface area contributed by atoms with E-state index in [-0.39, 0.29) is 23.3 Å². The normalized spacial score (nSPS) is 18.2. The zero-order valence-corrected chi connectivity index (χ0v) is 21.9. The molecule has 1 saturated carbocycles. The van der Waals surface area contributed by atoms with Crippen LogP contribution in [0.5, 0.6) is 0 Å². The van der Waals surface area contributed by atoms with Crippen molar-refractivity contribution in [3.8, 4) is 11.8 Å². The molecule has 3 N–H and O–H groups in total. The average molecular weight is 544 g/mol. The molecule has 10 heteroatoms. The number of aromatic nitrogens is 4. The van der Waals surface area contributed by atoms with Crippen LogP contribution in [0.2, 0.25) is 5.02 Å². The Kier molecular flexibility index (Phi) is 8.81. The molecule has 2 heterocycles. The molecule has 1 amide bonds. The second-order valence-electron chi connectivity index (χ2n) is 9.15. The van der Waals surface area contributed by atoms with Gasteiger partial charge in [0.05, 0.1) is 29.1 Å². The fourth-order valence-electron chi connectivity index (χ4n) is 4.07. The molecule has 1 aliphatic rings. The van der Waals surface area contributed by atoms with Gasteiger partial charge in [-0.05, 0) is 56.5 Å². The van der Waals surface area contributed by atoms with E-state index in [4.69, 9.17) is 16.7 Å². The van der Waals surface area contributed by atoms with E-state index >= 15 is 0 Å². The molecule has 1 aliphatic carbocycles. The van der Waals surface area contributed by atoms with Crippen LogP contribution in [0.1, 0.15) is 57.9 Å². The third kappa shape index (κ3) is 7.80. The standard InChI is InChI=1S/C20H20ClN3O2.C9H6N2O2/c1-14-12-23-18(13-22-14)19(25)24-17-6-3-8-20(26,11-17)9-7-15-4-2-5-16(21)10-15;12-9(13)8-5-10-6-3-1-2-4-7(6)11-8/h2,4-5,10,12-13,17,26H,3,6,8,11H2,1H3,(H,24,25);1-5H,(H,12,13)/t17-,20+;/m1./s1. The zero-order chi connectivity index (χ0) is 27.8. The summed E-state index contributed by atoms with van der Waals surface area (Å²) in [5.74, 6) is 4.61. The number of nitrogens with one attached hydrogen (secondary N) is 1. The van der Waals surface area contributed by atoms with Gasteiger partial charge >= 0.3 is 5.97 Å². The smallest absolute Gasteiger partial charge is 0.356 e. The van der Waals surface area contributed by atoms with Crippen molar-refractivity contribution < 1.29 is 19.8 Å². The predicted octanol–water partition coefficient (Wildman–Crippen LogP) is 4.22. The Morgan fingerprint density at radius 2 is 1.79 bits per heavy atom. The van der Waals surface area contributed by atoms with Gasteiger partial charge in [0.15, 0.2) is 5.69 Å². The minimum atomic E-state index is -1.13. The van der Waals surface area contributed by atoms with Crippen LogP contribution in [0.15, 0.2) is 67.1 Å². The summed E-state index contributed by atoms with van der Waals surface area (Å²) in [4.78, 5) is 38.9. The molecule has 0 aliphatic heterocycles. The number of aryl methyl sites for hydroxylation is 1. The van der Waals surface area contributed by atoms with Gasteiger partial charge in [0.1, 0.15) is 11.3 Å². The molecular weight excluding hydrogens is 518 g/mol. The van der Waals surface area contributed by atoms with Crippen molar-refractivity contribution in [1.29, 1.82) is 0 Å². The number of carbonyl (C=O) groups is 2. The van der Waals surface area contributed by atoms with E-state index in [2.05, 4.69) is 37.1 Å². The minimum absolute atomic E-state index is 0.0290. The quantitative estimate of drug-likeness (QED) is 0.326. The monoisotopic (exact) mass is 543 g/mol. The highest BCUT2D eigenvalue weighted by Crippen LogP contribution is 2.28. The van der Waals surface area contributed by atoms with Crippen molar-refractivity contribution in [2.75, 3.05) is 0 Å². The van der Waals surface area contributed by atoms with Crippen molar-refractivity contribution >= 4 is 34.5 Å². The van der Waals surface area contributed by atoms with Gasteiger partial charge in [0.2, 0.25) is 0 Å². The van der Waals surface area contributed by atoms with Gasteiger partial charge in [-0.1, -0.05) is 41.6 Å². The summed E-state index contributed by atoms with van der Waals surface area (Å²) in [6, 6.07) is 14.2. The molecule has 9 nitrogen and oxygen atoms in total. The lowest BCUT2D eigenvalue weighted by molar-refractivity contribution is 0.0451. The number of halogens is 1. The number of hydrogen-bond acceptors (Lipinski definition) is 7. The summed E-state index contributed by atoms with van der Waals surface area (Å²) >= 11 is 5.96. The largest absolute Gasteiger partial charge is 0.476 e. The lowest BCUT2D eigenvalue weighted by Crippen LogP contribution is -2.45. The number of rotatable bonds is 3. The average Bonchev–Trinajstić information content (AvgIpc) is 2.92. The highest BCUT2D eigenvalue weighted by molar-refractivity contribution is 6.30. The van der Waals surface area contributed by atoms with Crippen LogP contribution in [-0.2, 0) is 0 Å². The van der Waals surface area contributed by atoms with E-state index < -0.39 is 11.6 Å². The number of aromatic carboxylic acids is 1. The van der Waals surface area contributed by atoms with E-state index in [1.165, 1.54) is 12.4 Å². The summed E-state index contributed by atoms with van der Waals surface area (Å²) in [7, 11) is 0. The molecule has 39 heavy (non-hydrogen) atoms. The maximum atomic E-state index is 12.3. The number of para-hydroxylation sites is 2. The number of carboxylic acid groups (broad SMARTS) is 1. The second kappa shape index (κ2) is 12.4. The Balaban J connectivity index is 0.000000226. The maximum absolute atomic E-state index is 12.3. The van der Waals surface area contributed by atoms with Gasteiger partial charge in [-0.2, -0.15) is 0 Å². The summed E-state index contributed by atoms with van der Waals surface area (Å²) < 4.78 is 0. The lowest BCUT2D eigenvalue weighted by Gasteiger charge is -2.33. The molecule has 1 fully saturated rings. The number of fused-ring (bicyclic) bond motifs is 1. The fraction of sp³-hybridized carbons (Fsp3) is 0.241. The topological polar surface area (TPSA) is 138 Å². The molecule has 0 spiro atoms. The van der Waals surface area contributed by atoms with Crippen LogP contribution < -0.4 is 5.32 Å². The number of carboxylic acids is 1. The first-order chi connectivity index (χ1) is 18.7. The summed E-state index contributed by atoms with van der Waals surface area (Å²) in [5.41, 5.74) is 1.93. The van der Waals surface area contributed by atoms with Crippen LogP contribution >= 0.6 is 11.6 Å². The van der Waals surface area contributed by atoms with Gasteiger partial charge in [-0.15, -0.1) is 0 Å². The van der Waals surface area contributed by atoms with Crippen LogP contribution in [0.4, 0.5) is 0 Å². The van der Waals surface area contributed by atoms with Crippen LogP contribution in [0, 0.1) is 18.8 Å². The molecule has 5 rings (SSSR count). The summed E-state index contributed by atoms with van der Waals surface area (Å²) in [6.07, 6.45) is 6.81. The molecule has 2 aromatic heterocycles. The maximum Gasteiger partial charge on any atom is 0.356 e. The molecule has 2 aromatic carbocycles. The van der Waals surface area contributed by atoms with Gasteiger partial charge < -0.3 is 15.5 Å². The summed E-state index contributed by atoms with van der Waals surface area (Å²) in [6.45, 7) is 1.81. The number of hydrogen-bond donors (Lipinski definition) is 3. The van der Waals surface area contributed by atoms with Crippen molar-refractivity contribution in [3.63, 3.8) is 0 Å². The second-order valence-corrected chi connectivity index (χ2v) is 9.59. The SMILES string of the molecule is Cc1cnc(C(=O)N[C@@H]2CCC[C@](O)(C#Cc3cccc(Cl)c3)C2)cn1.O=C(O)c1cnc2ccccc2n1. The Morgan fingerprint density at radius 1 is 1.03 bits per heavy atom. The van der Waals surface area contributed by atoms with Crippen LogP contribution in [0.25, 0.3) is 11.0 Å². The van der Waals surface area contributed by atoms with E-state index in [1.54, 1.807) is 36.5 Å². The first-order valence-corrected chi connectivity index (χ1v) is 12.6. The Hall–Kier alpha value is -4.39. The molecule has 4 aromatic rings. The van der Waals surface area contributed by atoms with Crippen LogP contribution in [-0.4, -0.2) is 53.7 Å². The first kappa shape index (κ1) is 27.6. The van der Waals surface area contributed by atoms with E-state index in [0.717, 1.165) is 24.1 Å². The predicted molar refractivity (Wildman–Crippen MR) is 146 cm³/mol. The Bertz CT molecular complexity index is 1550. The number of amides is 1. The molecule has 0 saturated heterocycles. The molecule has 2 atom stereocenters. The summed E-state index contributed by atoms with van der Waals surface area (Å²) in [5, 5.41) is 23.0. The highest BCUT2D eigenvalue weighted by Gasteiger charge is 2.33. The van der Waals surface area contributed by atoms with E-state index in [1.807, 2.05) is 25.1 Å². The zero-order valence-electron chi connectivity index (χ0n) is 21.1. The number of aliphatic hydroxyl groups is 1. The molecule has 0 radical (unpaired) electrons. The molecular formula is C29H26ClN5O4. The molecule has 0 unspecified atom stereocenters. The Labute approximate surface area is 230 Å². The van der Waals surface area contributed by atoms with E-state index in [0.29, 0.717) is 28.9 Å². The fourth-order valence-corrected chi connectivity index (χ4v) is 4.26. The number of benzene rings is 2. The third-order valence-electron chi connectivity index (χ3n) is 6.01. The molecule has 0 bridgehead atoms. The van der Waals surface area contributed by atoms with Gasteiger partial charge in [0, 0.05) is 29.2 Å². The highest BCUT2D eigenvalue weighted by atomic mass is 35.5. The van der Waals surface area contributed by atoms with E-state index in [9.17, 15) is 14.7 Å². The lowest BCUT2D eigenvalue weighted by atomic mass is 9.82. The van der Waals surface area contributed by atoms with Gasteiger partial charge in [-0.3, -0.25) is 14.8 Å². The van der Waals surface area contributed by atoms with Crippen LogP contribution in [0.3, 0.4) is 0 Å². The van der Waals surface area contributed by atoms with Gasteiger partial charge in [-0.25, -0.2) is 14.8 Å².